The van der Waals surface area contributed by atoms with Gasteiger partial charge in [0.15, 0.2) is 11.7 Å². The highest BCUT2D eigenvalue weighted by Crippen LogP contribution is 2.26. The van der Waals surface area contributed by atoms with Gasteiger partial charge in [0.05, 0.1) is 12.1 Å². The molecule has 0 aromatic carbocycles. The van der Waals surface area contributed by atoms with E-state index in [0.717, 1.165) is 27.1 Å². The largest absolute Gasteiger partial charge is 0.457 e. The highest BCUT2D eigenvalue weighted by molar-refractivity contribution is 7.14. The van der Waals surface area contributed by atoms with Gasteiger partial charge in [0.25, 0.3) is 0 Å². The van der Waals surface area contributed by atoms with E-state index < -0.39 is 5.97 Å². The van der Waals surface area contributed by atoms with E-state index in [9.17, 15) is 9.59 Å². The van der Waals surface area contributed by atoms with E-state index in [4.69, 9.17) is 4.74 Å². The molecule has 4 aromatic heterocycles. The number of thiazole rings is 2. The highest BCUT2D eigenvalue weighted by Gasteiger charge is 2.19. The molecule has 0 saturated carbocycles. The number of carbonyl (C=O) groups excluding carboxylic acids is 2. The Morgan fingerprint density at radius 3 is 2.76 bits per heavy atom. The Kier molecular flexibility index (Phi) is 5.70. The lowest BCUT2D eigenvalue weighted by molar-refractivity contribution is -0.141. The summed E-state index contributed by atoms with van der Waals surface area (Å²) in [6.07, 6.45) is 1.77. The maximum atomic E-state index is 12.6. The zero-order chi connectivity index (χ0) is 20.4. The van der Waals surface area contributed by atoms with Gasteiger partial charge in [-0.2, -0.15) is 11.3 Å². The topological polar surface area (TPSA) is 74.1 Å². The second kappa shape index (κ2) is 8.40. The molecule has 9 heteroatoms. The third kappa shape index (κ3) is 4.21. The van der Waals surface area contributed by atoms with E-state index in [-0.39, 0.29) is 18.8 Å². The standard InChI is InChI=1S/C20H17N3O3S3/c1-12-7-16(13(2)23(12)20-21-4-6-28-20)17(24)9-26-18(25)8-15-11-29-19(22-15)14-3-5-27-10-14/h3-7,10-11H,8-9H2,1-2H3. The molecule has 0 amide bonds. The number of ketones is 1. The fraction of sp³-hybridized carbons (Fsp3) is 0.200. The van der Waals surface area contributed by atoms with Crippen molar-refractivity contribution in [3.63, 3.8) is 0 Å². The average Bonchev–Trinajstić information content (AvgIpc) is 3.47. The summed E-state index contributed by atoms with van der Waals surface area (Å²) >= 11 is 4.59. The number of ether oxygens (including phenoxy) is 1. The Morgan fingerprint density at radius 2 is 2.03 bits per heavy atom. The maximum absolute atomic E-state index is 12.6. The molecule has 29 heavy (non-hydrogen) atoms. The Hall–Kier alpha value is -2.62. The van der Waals surface area contributed by atoms with Crippen molar-refractivity contribution in [2.45, 2.75) is 20.3 Å². The molecule has 6 nitrogen and oxygen atoms in total. The van der Waals surface area contributed by atoms with Gasteiger partial charge in [0.2, 0.25) is 5.78 Å². The van der Waals surface area contributed by atoms with Gasteiger partial charge in [-0.1, -0.05) is 0 Å². The van der Waals surface area contributed by atoms with Crippen LogP contribution in [-0.4, -0.2) is 32.9 Å². The fourth-order valence-electron chi connectivity index (χ4n) is 3.00. The van der Waals surface area contributed by atoms with E-state index in [2.05, 4.69) is 9.97 Å². The van der Waals surface area contributed by atoms with Crippen LogP contribution in [0.25, 0.3) is 15.7 Å². The number of hydrogen-bond donors (Lipinski definition) is 0. The molecule has 0 spiro atoms. The second-order valence-corrected chi connectivity index (χ2v) is 8.86. The Morgan fingerprint density at radius 1 is 1.17 bits per heavy atom. The number of rotatable bonds is 7. The number of thiophene rings is 1. The minimum absolute atomic E-state index is 0.0477. The van der Waals surface area contributed by atoms with Gasteiger partial charge < -0.3 is 4.74 Å². The lowest BCUT2D eigenvalue weighted by Gasteiger charge is -2.06. The Labute approximate surface area is 179 Å². The van der Waals surface area contributed by atoms with E-state index >= 15 is 0 Å². The summed E-state index contributed by atoms with van der Waals surface area (Å²) in [5.41, 5.74) is 3.94. The Bertz CT molecular complexity index is 1140. The highest BCUT2D eigenvalue weighted by atomic mass is 32.1. The van der Waals surface area contributed by atoms with Crippen LogP contribution in [-0.2, 0) is 16.0 Å². The van der Waals surface area contributed by atoms with Gasteiger partial charge >= 0.3 is 5.97 Å². The Balaban J connectivity index is 1.37. The summed E-state index contributed by atoms with van der Waals surface area (Å²) in [5, 5.41) is 9.42. The second-order valence-electron chi connectivity index (χ2n) is 6.35. The minimum atomic E-state index is -0.464. The smallest absolute Gasteiger partial charge is 0.312 e. The van der Waals surface area contributed by atoms with Crippen LogP contribution in [0, 0.1) is 13.8 Å². The van der Waals surface area contributed by atoms with Crippen LogP contribution >= 0.6 is 34.0 Å². The zero-order valence-electron chi connectivity index (χ0n) is 15.7. The van der Waals surface area contributed by atoms with Gasteiger partial charge in [-0.05, 0) is 31.4 Å². The first-order valence-corrected chi connectivity index (χ1v) is 11.5. The molecule has 148 valence electrons. The fourth-order valence-corrected chi connectivity index (χ4v) is 5.28. The van der Waals surface area contributed by atoms with E-state index in [0.29, 0.717) is 11.3 Å². The summed E-state index contributed by atoms with van der Waals surface area (Å²) in [7, 11) is 0. The summed E-state index contributed by atoms with van der Waals surface area (Å²) < 4.78 is 7.14. The normalized spacial score (nSPS) is 11.0. The van der Waals surface area contributed by atoms with Gasteiger partial charge in [0.1, 0.15) is 5.01 Å². The predicted octanol–water partition coefficient (Wildman–Crippen LogP) is 4.70. The monoisotopic (exact) mass is 443 g/mol. The van der Waals surface area contributed by atoms with Crippen molar-refractivity contribution in [1.29, 1.82) is 0 Å². The number of hydrogen-bond acceptors (Lipinski definition) is 8. The first-order valence-electron chi connectivity index (χ1n) is 8.77. The van der Waals surface area contributed by atoms with Crippen LogP contribution < -0.4 is 0 Å². The molecule has 4 aromatic rings. The molecular weight excluding hydrogens is 426 g/mol. The van der Waals surface area contributed by atoms with Gasteiger partial charge in [-0.15, -0.1) is 22.7 Å². The number of esters is 1. The van der Waals surface area contributed by atoms with Gasteiger partial charge in [0, 0.05) is 44.9 Å². The molecule has 0 aliphatic heterocycles. The van der Waals surface area contributed by atoms with Crippen molar-refractivity contribution in [3.8, 4) is 15.7 Å². The molecule has 0 radical (unpaired) electrons. The third-order valence-corrected chi connectivity index (χ3v) is 6.73. The van der Waals surface area contributed by atoms with E-state index in [1.165, 1.54) is 22.7 Å². The first kappa shape index (κ1) is 19.7. The first-order chi connectivity index (χ1) is 14.0. The average molecular weight is 444 g/mol. The summed E-state index contributed by atoms with van der Waals surface area (Å²) in [6.45, 7) is 3.50. The molecule has 0 unspecified atom stereocenters. The lowest BCUT2D eigenvalue weighted by Crippen LogP contribution is -2.16. The van der Waals surface area contributed by atoms with Crippen LogP contribution in [0.3, 0.4) is 0 Å². The zero-order valence-corrected chi connectivity index (χ0v) is 18.2. The minimum Gasteiger partial charge on any atom is -0.457 e. The molecule has 4 rings (SSSR count). The van der Waals surface area contributed by atoms with Crippen LogP contribution in [0.1, 0.15) is 27.4 Å². The molecule has 0 bridgehead atoms. The molecule has 0 fully saturated rings. The van der Waals surface area contributed by atoms with Gasteiger partial charge in [-0.3, -0.25) is 14.2 Å². The van der Waals surface area contributed by atoms with Crippen molar-refractivity contribution < 1.29 is 14.3 Å². The predicted molar refractivity (Wildman–Crippen MR) is 115 cm³/mol. The number of aryl methyl sites for hydroxylation is 1. The molecule has 0 aliphatic carbocycles. The molecule has 0 N–H and O–H groups in total. The summed E-state index contributed by atoms with van der Waals surface area (Å²) in [4.78, 5) is 33.5. The van der Waals surface area contributed by atoms with Crippen molar-refractivity contribution in [2.75, 3.05) is 6.61 Å². The van der Waals surface area contributed by atoms with Crippen molar-refractivity contribution in [3.05, 3.63) is 62.5 Å². The molecule has 0 saturated heterocycles. The van der Waals surface area contributed by atoms with E-state index in [1.807, 2.05) is 46.0 Å². The van der Waals surface area contributed by atoms with Crippen molar-refractivity contribution in [1.82, 2.24) is 14.5 Å². The van der Waals surface area contributed by atoms with Gasteiger partial charge in [-0.25, -0.2) is 9.97 Å². The maximum Gasteiger partial charge on any atom is 0.312 e. The van der Waals surface area contributed by atoms with Crippen LogP contribution in [0.5, 0.6) is 0 Å². The molecular formula is C20H17N3O3S3. The number of Topliss-reactive ketones (excluding diaryl/α,β-unsaturated/α-hetero) is 1. The van der Waals surface area contributed by atoms with Crippen LogP contribution in [0.2, 0.25) is 0 Å². The summed E-state index contributed by atoms with van der Waals surface area (Å²) in [6, 6.07) is 3.80. The van der Waals surface area contributed by atoms with Crippen molar-refractivity contribution >= 4 is 45.8 Å². The van der Waals surface area contributed by atoms with Crippen LogP contribution in [0.15, 0.2) is 39.8 Å². The number of aromatic nitrogens is 3. The third-order valence-electron chi connectivity index (χ3n) is 4.35. The number of nitrogens with zero attached hydrogens (tertiary/aromatic N) is 3. The van der Waals surface area contributed by atoms with E-state index in [1.54, 1.807) is 23.6 Å². The lowest BCUT2D eigenvalue weighted by atomic mass is 10.1. The number of carbonyl (C=O) groups is 2. The molecule has 0 atom stereocenters. The summed E-state index contributed by atoms with van der Waals surface area (Å²) in [5.74, 6) is -0.694. The quantitative estimate of drug-likeness (QED) is 0.306. The SMILES string of the molecule is Cc1cc(C(=O)COC(=O)Cc2csc(-c3ccsc3)n2)c(C)n1-c1nccs1. The molecule has 0 aliphatic rings. The molecule has 4 heterocycles. The van der Waals surface area contributed by atoms with Crippen LogP contribution in [0.4, 0.5) is 0 Å². The van der Waals surface area contributed by atoms with Crippen molar-refractivity contribution in [2.24, 2.45) is 0 Å².